The minimum atomic E-state index is -4.75. The van der Waals surface area contributed by atoms with Gasteiger partial charge in [-0.05, 0) is 42.0 Å². The van der Waals surface area contributed by atoms with Gasteiger partial charge in [0.2, 0.25) is 0 Å². The SMILES string of the molecule is CN(Cc1ccccc1Cl)C(=O)Nc1ccc(NC(=O)c2ccccc2)cc1C(F)(F)F. The molecule has 3 aromatic rings. The Morgan fingerprint density at radius 3 is 2.25 bits per heavy atom. The fraction of sp³-hybridized carbons (Fsp3) is 0.130. The van der Waals surface area contributed by atoms with Gasteiger partial charge in [-0.25, -0.2) is 4.79 Å². The Labute approximate surface area is 187 Å². The molecule has 0 aliphatic rings. The van der Waals surface area contributed by atoms with Crippen LogP contribution in [0.4, 0.5) is 29.3 Å². The van der Waals surface area contributed by atoms with E-state index in [0.717, 1.165) is 12.1 Å². The summed E-state index contributed by atoms with van der Waals surface area (Å²) in [5, 5.41) is 5.16. The summed E-state index contributed by atoms with van der Waals surface area (Å²) in [5.74, 6) is -0.546. The van der Waals surface area contributed by atoms with Crippen LogP contribution in [0.25, 0.3) is 0 Å². The number of carbonyl (C=O) groups is 2. The Hall–Kier alpha value is -3.52. The van der Waals surface area contributed by atoms with Crippen molar-refractivity contribution in [1.82, 2.24) is 4.90 Å². The standard InChI is InChI=1S/C23H19ClF3N3O2/c1-30(14-16-9-5-6-10-19(16)24)22(32)29-20-12-11-17(13-18(20)23(25,26)27)28-21(31)15-7-3-2-4-8-15/h2-13H,14H2,1H3,(H,28,31)(H,29,32). The van der Waals surface area contributed by atoms with Gasteiger partial charge in [0.15, 0.2) is 0 Å². The minimum absolute atomic E-state index is 0.0476. The summed E-state index contributed by atoms with van der Waals surface area (Å²) < 4.78 is 40.9. The van der Waals surface area contributed by atoms with Gasteiger partial charge in [-0.1, -0.05) is 48.0 Å². The minimum Gasteiger partial charge on any atom is -0.323 e. The van der Waals surface area contributed by atoms with Gasteiger partial charge in [-0.3, -0.25) is 4.79 Å². The molecule has 0 bridgehead atoms. The fourth-order valence-corrected chi connectivity index (χ4v) is 3.12. The van der Waals surface area contributed by atoms with Crippen LogP contribution in [0.3, 0.4) is 0 Å². The predicted molar refractivity (Wildman–Crippen MR) is 118 cm³/mol. The molecule has 0 radical (unpaired) electrons. The topological polar surface area (TPSA) is 61.4 Å². The monoisotopic (exact) mass is 461 g/mol. The second kappa shape index (κ2) is 9.74. The molecule has 0 fully saturated rings. The van der Waals surface area contributed by atoms with E-state index >= 15 is 0 Å². The highest BCUT2D eigenvalue weighted by molar-refractivity contribution is 6.31. The second-order valence-corrected chi connectivity index (χ2v) is 7.36. The molecular formula is C23H19ClF3N3O2. The third-order valence-electron chi connectivity index (χ3n) is 4.57. The zero-order chi connectivity index (χ0) is 23.3. The summed E-state index contributed by atoms with van der Waals surface area (Å²) in [6.07, 6.45) is -4.75. The van der Waals surface area contributed by atoms with E-state index in [9.17, 15) is 22.8 Å². The van der Waals surface area contributed by atoms with Crippen LogP contribution in [0.15, 0.2) is 72.8 Å². The van der Waals surface area contributed by atoms with E-state index in [1.54, 1.807) is 54.6 Å². The number of urea groups is 1. The van der Waals surface area contributed by atoms with Crippen LogP contribution in [0.1, 0.15) is 21.5 Å². The molecule has 0 saturated heterocycles. The highest BCUT2D eigenvalue weighted by Crippen LogP contribution is 2.37. The summed E-state index contributed by atoms with van der Waals surface area (Å²) in [5.41, 5.74) is -0.593. The van der Waals surface area contributed by atoms with Crippen molar-refractivity contribution >= 4 is 34.9 Å². The van der Waals surface area contributed by atoms with Crippen LogP contribution in [-0.4, -0.2) is 23.9 Å². The smallest absolute Gasteiger partial charge is 0.323 e. The summed E-state index contributed by atoms with van der Waals surface area (Å²) in [4.78, 5) is 26.0. The molecule has 0 heterocycles. The molecule has 0 aliphatic heterocycles. The molecule has 0 atom stereocenters. The van der Waals surface area contributed by atoms with Crippen LogP contribution < -0.4 is 10.6 Å². The third-order valence-corrected chi connectivity index (χ3v) is 4.94. The zero-order valence-electron chi connectivity index (χ0n) is 16.9. The fourth-order valence-electron chi connectivity index (χ4n) is 2.92. The Morgan fingerprint density at radius 2 is 1.59 bits per heavy atom. The van der Waals surface area contributed by atoms with Crippen LogP contribution in [0, 0.1) is 0 Å². The van der Waals surface area contributed by atoms with Gasteiger partial charge in [-0.2, -0.15) is 13.2 Å². The summed E-state index contributed by atoms with van der Waals surface area (Å²) in [6, 6.07) is 17.4. The Bertz CT molecular complexity index is 1120. The number of amides is 3. The van der Waals surface area contributed by atoms with Crippen molar-refractivity contribution in [3.8, 4) is 0 Å². The number of halogens is 4. The van der Waals surface area contributed by atoms with Crippen LogP contribution in [-0.2, 0) is 12.7 Å². The Morgan fingerprint density at radius 1 is 0.938 bits per heavy atom. The molecular weight excluding hydrogens is 443 g/mol. The maximum absolute atomic E-state index is 13.6. The molecule has 0 saturated carbocycles. The summed E-state index contributed by atoms with van der Waals surface area (Å²) in [7, 11) is 1.44. The van der Waals surface area contributed by atoms with E-state index in [4.69, 9.17) is 11.6 Å². The van der Waals surface area contributed by atoms with Crippen molar-refractivity contribution in [2.24, 2.45) is 0 Å². The molecule has 9 heteroatoms. The van der Waals surface area contributed by atoms with Crippen molar-refractivity contribution in [1.29, 1.82) is 0 Å². The maximum Gasteiger partial charge on any atom is 0.418 e. The van der Waals surface area contributed by atoms with Gasteiger partial charge in [0.25, 0.3) is 5.91 Å². The molecule has 2 N–H and O–H groups in total. The van der Waals surface area contributed by atoms with E-state index < -0.39 is 29.4 Å². The second-order valence-electron chi connectivity index (χ2n) is 6.96. The van der Waals surface area contributed by atoms with Crippen molar-refractivity contribution in [2.45, 2.75) is 12.7 Å². The molecule has 3 aromatic carbocycles. The molecule has 32 heavy (non-hydrogen) atoms. The van der Waals surface area contributed by atoms with Crippen molar-refractivity contribution in [3.63, 3.8) is 0 Å². The number of benzene rings is 3. The number of hydrogen-bond donors (Lipinski definition) is 2. The molecule has 0 aliphatic carbocycles. The largest absolute Gasteiger partial charge is 0.418 e. The lowest BCUT2D eigenvalue weighted by molar-refractivity contribution is -0.136. The third kappa shape index (κ3) is 5.79. The first-order chi connectivity index (χ1) is 15.1. The number of nitrogens with one attached hydrogen (secondary N) is 2. The van der Waals surface area contributed by atoms with Gasteiger partial charge in [-0.15, -0.1) is 0 Å². The van der Waals surface area contributed by atoms with E-state index in [0.29, 0.717) is 16.1 Å². The van der Waals surface area contributed by atoms with Gasteiger partial charge in [0.05, 0.1) is 11.3 Å². The number of anilines is 2. The number of rotatable bonds is 5. The van der Waals surface area contributed by atoms with E-state index in [2.05, 4.69) is 10.6 Å². The molecule has 3 rings (SSSR count). The maximum atomic E-state index is 13.6. The summed E-state index contributed by atoms with van der Waals surface area (Å²) >= 11 is 6.08. The quantitative estimate of drug-likeness (QED) is 0.470. The Kier molecular flexibility index (Phi) is 7.05. The Balaban J connectivity index is 1.78. The normalized spacial score (nSPS) is 11.0. The van der Waals surface area contributed by atoms with Crippen LogP contribution in [0.2, 0.25) is 5.02 Å². The number of carbonyl (C=O) groups excluding carboxylic acids is 2. The van der Waals surface area contributed by atoms with E-state index in [1.807, 2.05) is 0 Å². The highest BCUT2D eigenvalue weighted by atomic mass is 35.5. The summed E-state index contributed by atoms with van der Waals surface area (Å²) in [6.45, 7) is 0.109. The molecule has 0 aromatic heterocycles. The highest BCUT2D eigenvalue weighted by Gasteiger charge is 2.34. The first-order valence-electron chi connectivity index (χ1n) is 9.48. The van der Waals surface area contributed by atoms with E-state index in [-0.39, 0.29) is 12.2 Å². The van der Waals surface area contributed by atoms with Gasteiger partial charge >= 0.3 is 12.2 Å². The molecule has 166 valence electrons. The molecule has 3 amide bonds. The lowest BCUT2D eigenvalue weighted by atomic mass is 10.1. The van der Waals surface area contributed by atoms with Gasteiger partial charge < -0.3 is 15.5 Å². The van der Waals surface area contributed by atoms with E-state index in [1.165, 1.54) is 18.0 Å². The van der Waals surface area contributed by atoms with Crippen molar-refractivity contribution in [2.75, 3.05) is 17.7 Å². The number of hydrogen-bond acceptors (Lipinski definition) is 2. The van der Waals surface area contributed by atoms with Crippen LogP contribution >= 0.6 is 11.6 Å². The van der Waals surface area contributed by atoms with Crippen LogP contribution in [0.5, 0.6) is 0 Å². The first kappa shape index (κ1) is 23.1. The molecule has 5 nitrogen and oxygen atoms in total. The van der Waals surface area contributed by atoms with Crippen molar-refractivity contribution < 1.29 is 22.8 Å². The average molecular weight is 462 g/mol. The number of nitrogens with zero attached hydrogens (tertiary/aromatic N) is 1. The zero-order valence-corrected chi connectivity index (χ0v) is 17.7. The lowest BCUT2D eigenvalue weighted by Crippen LogP contribution is -2.31. The molecule has 0 spiro atoms. The van der Waals surface area contributed by atoms with Gasteiger partial charge in [0, 0.05) is 29.9 Å². The number of alkyl halides is 3. The molecule has 0 unspecified atom stereocenters. The predicted octanol–water partition coefficient (Wildman–Crippen LogP) is 6.28. The lowest BCUT2D eigenvalue weighted by Gasteiger charge is -2.21. The first-order valence-corrected chi connectivity index (χ1v) is 9.86. The van der Waals surface area contributed by atoms with Gasteiger partial charge in [0.1, 0.15) is 0 Å². The van der Waals surface area contributed by atoms with Crippen molar-refractivity contribution in [3.05, 3.63) is 94.5 Å². The average Bonchev–Trinajstić information content (AvgIpc) is 2.76.